The van der Waals surface area contributed by atoms with E-state index in [9.17, 15) is 0 Å². The van der Waals surface area contributed by atoms with Crippen molar-refractivity contribution >= 4 is 34.4 Å². The number of hydrazone groups is 1. The predicted molar refractivity (Wildman–Crippen MR) is 111 cm³/mol. The van der Waals surface area contributed by atoms with Gasteiger partial charge in [-0.1, -0.05) is 18.2 Å². The smallest absolute Gasteiger partial charge is 0.187 e. The Hall–Kier alpha value is -1.96. The normalized spacial score (nSPS) is 15.6. The predicted octanol–water partition coefficient (Wildman–Crippen LogP) is 2.10. The van der Waals surface area contributed by atoms with Crippen molar-refractivity contribution in [2.24, 2.45) is 5.10 Å². The Balaban J connectivity index is 1.54. The summed E-state index contributed by atoms with van der Waals surface area (Å²) in [6.07, 6.45) is 1.86. The molecule has 6 nitrogen and oxygen atoms in total. The van der Waals surface area contributed by atoms with Crippen LogP contribution in [0.4, 0.5) is 0 Å². The van der Waals surface area contributed by atoms with E-state index in [0.29, 0.717) is 5.11 Å². The van der Waals surface area contributed by atoms with Gasteiger partial charge in [-0.3, -0.25) is 10.3 Å². The molecule has 3 rings (SSSR count). The Morgan fingerprint density at radius 2 is 2.08 bits per heavy atom. The molecule has 26 heavy (non-hydrogen) atoms. The van der Waals surface area contributed by atoms with Crippen LogP contribution in [-0.2, 0) is 11.3 Å². The minimum atomic E-state index is 0.548. The zero-order valence-electron chi connectivity index (χ0n) is 15.5. The van der Waals surface area contributed by atoms with E-state index in [1.54, 1.807) is 0 Å². The fourth-order valence-electron chi connectivity index (χ4n) is 3.38. The topological polar surface area (TPSA) is 53.8 Å². The number of hydrogen-bond acceptors (Lipinski definition) is 4. The Morgan fingerprint density at radius 3 is 2.85 bits per heavy atom. The van der Waals surface area contributed by atoms with Crippen molar-refractivity contribution in [1.82, 2.24) is 20.2 Å². The molecular formula is C19H27N5OS. The molecular weight excluding hydrogens is 346 g/mol. The van der Waals surface area contributed by atoms with Gasteiger partial charge in [0.25, 0.3) is 0 Å². The van der Waals surface area contributed by atoms with Crippen LogP contribution >= 0.6 is 12.2 Å². The summed E-state index contributed by atoms with van der Waals surface area (Å²) in [6, 6.07) is 8.41. The van der Waals surface area contributed by atoms with Crippen molar-refractivity contribution < 1.29 is 4.74 Å². The van der Waals surface area contributed by atoms with Crippen LogP contribution < -0.4 is 10.7 Å². The molecule has 2 aromatic rings. The Morgan fingerprint density at radius 1 is 1.31 bits per heavy atom. The number of rotatable bonds is 6. The molecule has 1 aliphatic rings. The van der Waals surface area contributed by atoms with Gasteiger partial charge in [-0.05, 0) is 32.1 Å². The van der Waals surface area contributed by atoms with E-state index in [1.807, 2.05) is 6.21 Å². The maximum absolute atomic E-state index is 5.35. The highest BCUT2D eigenvalue weighted by molar-refractivity contribution is 7.80. The summed E-state index contributed by atoms with van der Waals surface area (Å²) >= 11 is 5.31. The summed E-state index contributed by atoms with van der Waals surface area (Å²) < 4.78 is 7.65. The first kappa shape index (κ1) is 18.8. The second-order valence-electron chi connectivity index (χ2n) is 6.34. The van der Waals surface area contributed by atoms with Gasteiger partial charge in [0.1, 0.15) is 0 Å². The molecule has 1 aromatic heterocycles. The molecule has 2 N–H and O–H groups in total. The first-order valence-electron chi connectivity index (χ1n) is 9.15. The summed E-state index contributed by atoms with van der Waals surface area (Å²) in [7, 11) is 0. The highest BCUT2D eigenvalue weighted by atomic mass is 32.1. The van der Waals surface area contributed by atoms with Crippen molar-refractivity contribution in [3.63, 3.8) is 0 Å². The number of fused-ring (bicyclic) bond motifs is 1. The highest BCUT2D eigenvalue weighted by Gasteiger charge is 2.11. The third kappa shape index (κ3) is 4.41. The summed E-state index contributed by atoms with van der Waals surface area (Å²) in [5, 5.41) is 9.30. The summed E-state index contributed by atoms with van der Waals surface area (Å²) in [5.74, 6) is 0. The number of hydrogen-bond donors (Lipinski definition) is 2. The van der Waals surface area contributed by atoms with Crippen LogP contribution in [0.1, 0.15) is 18.2 Å². The van der Waals surface area contributed by atoms with Gasteiger partial charge in [0.15, 0.2) is 5.11 Å². The van der Waals surface area contributed by atoms with Gasteiger partial charge in [-0.2, -0.15) is 5.10 Å². The number of aromatic nitrogens is 1. The number of nitrogens with zero attached hydrogens (tertiary/aromatic N) is 3. The van der Waals surface area contributed by atoms with Gasteiger partial charge >= 0.3 is 0 Å². The molecule has 7 heteroatoms. The third-order valence-corrected chi connectivity index (χ3v) is 5.01. The first-order valence-corrected chi connectivity index (χ1v) is 9.56. The van der Waals surface area contributed by atoms with Crippen LogP contribution in [0.2, 0.25) is 0 Å². The quantitative estimate of drug-likeness (QED) is 0.461. The van der Waals surface area contributed by atoms with Crippen molar-refractivity contribution in [2.75, 3.05) is 39.4 Å². The van der Waals surface area contributed by atoms with Crippen LogP contribution in [0.15, 0.2) is 29.4 Å². The number of benzene rings is 1. The van der Waals surface area contributed by atoms with E-state index >= 15 is 0 Å². The molecule has 0 unspecified atom stereocenters. The van der Waals surface area contributed by atoms with Crippen molar-refractivity contribution in [2.45, 2.75) is 20.4 Å². The van der Waals surface area contributed by atoms with E-state index in [4.69, 9.17) is 17.0 Å². The number of aryl methyl sites for hydroxylation is 1. The molecule has 0 amide bonds. The maximum Gasteiger partial charge on any atom is 0.187 e. The molecule has 0 bridgehead atoms. The molecule has 1 fully saturated rings. The zero-order valence-corrected chi connectivity index (χ0v) is 16.3. The lowest BCUT2D eigenvalue weighted by Crippen LogP contribution is -2.42. The fourth-order valence-corrected chi connectivity index (χ4v) is 3.53. The molecule has 0 atom stereocenters. The van der Waals surface area contributed by atoms with Gasteiger partial charge < -0.3 is 14.6 Å². The SMILES string of the molecule is CCn1c(C)c(/C=N/NC(=S)NCCN2CCOCC2)c2ccccc21. The summed E-state index contributed by atoms with van der Waals surface area (Å²) in [6.45, 7) is 10.6. The van der Waals surface area contributed by atoms with Gasteiger partial charge in [0.05, 0.1) is 19.4 Å². The van der Waals surface area contributed by atoms with Gasteiger partial charge in [0.2, 0.25) is 0 Å². The first-order chi connectivity index (χ1) is 12.7. The lowest BCUT2D eigenvalue weighted by Gasteiger charge is -2.26. The standard InChI is InChI=1S/C19H27N5OS/c1-3-24-15(2)17(16-6-4-5-7-18(16)24)14-21-22-19(26)20-8-9-23-10-12-25-13-11-23/h4-7,14H,3,8-13H2,1-2H3,(H2,20,22,26)/b21-14+. The molecule has 1 saturated heterocycles. The number of nitrogens with one attached hydrogen (secondary N) is 2. The van der Waals surface area contributed by atoms with Crippen LogP contribution in [0.25, 0.3) is 10.9 Å². The average molecular weight is 374 g/mol. The molecule has 140 valence electrons. The lowest BCUT2D eigenvalue weighted by atomic mass is 10.1. The lowest BCUT2D eigenvalue weighted by molar-refractivity contribution is 0.0389. The molecule has 2 heterocycles. The molecule has 1 aromatic carbocycles. The van der Waals surface area contributed by atoms with E-state index < -0.39 is 0 Å². The van der Waals surface area contributed by atoms with Gasteiger partial charge in [-0.15, -0.1) is 0 Å². The van der Waals surface area contributed by atoms with E-state index in [0.717, 1.165) is 51.5 Å². The van der Waals surface area contributed by atoms with Crippen LogP contribution in [0, 0.1) is 6.92 Å². The Kier molecular flexibility index (Phi) is 6.60. The highest BCUT2D eigenvalue weighted by Crippen LogP contribution is 2.24. The molecule has 0 saturated carbocycles. The van der Waals surface area contributed by atoms with E-state index in [1.165, 1.54) is 16.6 Å². The van der Waals surface area contributed by atoms with Crippen molar-refractivity contribution in [3.8, 4) is 0 Å². The minimum Gasteiger partial charge on any atom is -0.379 e. The van der Waals surface area contributed by atoms with Crippen LogP contribution in [0.3, 0.4) is 0 Å². The second kappa shape index (κ2) is 9.12. The van der Waals surface area contributed by atoms with Crippen LogP contribution in [0.5, 0.6) is 0 Å². The molecule has 0 radical (unpaired) electrons. The Bertz CT molecular complexity index is 780. The Labute approximate surface area is 160 Å². The van der Waals surface area contributed by atoms with Crippen molar-refractivity contribution in [1.29, 1.82) is 0 Å². The minimum absolute atomic E-state index is 0.548. The van der Waals surface area contributed by atoms with Crippen molar-refractivity contribution in [3.05, 3.63) is 35.5 Å². The van der Waals surface area contributed by atoms with E-state index in [-0.39, 0.29) is 0 Å². The van der Waals surface area contributed by atoms with Crippen LogP contribution in [-0.4, -0.2) is 60.2 Å². The summed E-state index contributed by atoms with van der Waals surface area (Å²) in [5.41, 5.74) is 6.51. The number of morpholine rings is 1. The number of ether oxygens (including phenoxy) is 1. The number of para-hydroxylation sites is 1. The average Bonchev–Trinajstić information content (AvgIpc) is 2.94. The maximum atomic E-state index is 5.35. The molecule has 0 spiro atoms. The molecule has 1 aliphatic heterocycles. The largest absolute Gasteiger partial charge is 0.379 e. The van der Waals surface area contributed by atoms with E-state index in [2.05, 4.69) is 63.4 Å². The third-order valence-electron chi connectivity index (χ3n) is 4.77. The second-order valence-corrected chi connectivity index (χ2v) is 6.75. The van der Waals surface area contributed by atoms with Gasteiger partial charge in [-0.25, -0.2) is 0 Å². The van der Waals surface area contributed by atoms with Gasteiger partial charge in [0, 0.05) is 54.9 Å². The number of thiocarbonyl (C=S) groups is 1. The molecule has 0 aliphatic carbocycles. The zero-order chi connectivity index (χ0) is 18.4. The monoisotopic (exact) mass is 373 g/mol. The summed E-state index contributed by atoms with van der Waals surface area (Å²) in [4.78, 5) is 2.37. The fraction of sp³-hybridized carbons (Fsp3) is 0.474.